The molecule has 134 valence electrons. The minimum atomic E-state index is -0.938. The van der Waals surface area contributed by atoms with Crippen LogP contribution in [-0.2, 0) is 25.7 Å². The first-order valence-corrected chi connectivity index (χ1v) is 8.76. The normalized spacial score (nSPS) is 10.6. The van der Waals surface area contributed by atoms with E-state index >= 15 is 0 Å². The Morgan fingerprint density at radius 3 is 2.80 bits per heavy atom. The molecule has 8 nitrogen and oxygen atoms in total. The Morgan fingerprint density at radius 2 is 2.08 bits per heavy atom. The number of carbonyl (C=O) groups is 3. The van der Waals surface area contributed by atoms with Crippen LogP contribution >= 0.6 is 11.8 Å². The number of esters is 1. The van der Waals surface area contributed by atoms with E-state index in [-0.39, 0.29) is 13.2 Å². The highest BCUT2D eigenvalue weighted by atomic mass is 32.2. The number of benzene rings is 1. The van der Waals surface area contributed by atoms with Crippen molar-refractivity contribution in [3.63, 3.8) is 0 Å². The van der Waals surface area contributed by atoms with Crippen LogP contribution in [0.15, 0.2) is 29.4 Å². The van der Waals surface area contributed by atoms with Crippen LogP contribution in [0.3, 0.4) is 0 Å². The number of ether oxygens (including phenoxy) is 1. The fourth-order valence-corrected chi connectivity index (χ4v) is 3.11. The summed E-state index contributed by atoms with van der Waals surface area (Å²) in [5, 5.41) is 12.2. The van der Waals surface area contributed by atoms with E-state index in [1.165, 1.54) is 11.8 Å². The topological polar surface area (TPSA) is 111 Å². The monoisotopic (exact) mass is 365 g/mol. The first-order valence-electron chi connectivity index (χ1n) is 7.77. The number of para-hydroxylation sites is 2. The summed E-state index contributed by atoms with van der Waals surface area (Å²) in [6.07, 6.45) is 0.603. The Hall–Kier alpha value is -2.55. The van der Waals surface area contributed by atoms with Gasteiger partial charge in [-0.1, -0.05) is 23.9 Å². The molecule has 0 spiro atoms. The summed E-state index contributed by atoms with van der Waals surface area (Å²) in [5.74, 6) is -1.97. The van der Waals surface area contributed by atoms with E-state index in [0.717, 1.165) is 11.0 Å². The van der Waals surface area contributed by atoms with Crippen LogP contribution in [-0.4, -0.2) is 51.4 Å². The second-order valence-electron chi connectivity index (χ2n) is 5.04. The van der Waals surface area contributed by atoms with Gasteiger partial charge in [0.2, 0.25) is 0 Å². The lowest BCUT2D eigenvalue weighted by Crippen LogP contribution is -2.33. The number of rotatable bonds is 8. The predicted molar refractivity (Wildman–Crippen MR) is 92.4 cm³/mol. The van der Waals surface area contributed by atoms with Crippen molar-refractivity contribution in [1.82, 2.24) is 14.9 Å². The van der Waals surface area contributed by atoms with Crippen molar-refractivity contribution in [3.8, 4) is 0 Å². The van der Waals surface area contributed by atoms with Crippen molar-refractivity contribution >= 4 is 40.6 Å². The molecule has 0 unspecified atom stereocenters. The largest absolute Gasteiger partial charge is 0.480 e. The molecule has 2 N–H and O–H groups in total. The molecule has 1 aromatic carbocycles. The molecular weight excluding hydrogens is 346 g/mol. The highest BCUT2D eigenvalue weighted by Crippen LogP contribution is 2.24. The van der Waals surface area contributed by atoms with Crippen molar-refractivity contribution < 1.29 is 24.2 Å². The molecule has 0 bridgehead atoms. The van der Waals surface area contributed by atoms with Gasteiger partial charge in [0.15, 0.2) is 5.16 Å². The quantitative estimate of drug-likeness (QED) is 0.314. The number of aromatic nitrogens is 2. The van der Waals surface area contributed by atoms with E-state index in [1.54, 1.807) is 11.5 Å². The van der Waals surface area contributed by atoms with E-state index in [4.69, 9.17) is 5.11 Å². The van der Waals surface area contributed by atoms with E-state index in [9.17, 15) is 14.4 Å². The van der Waals surface area contributed by atoms with Gasteiger partial charge in [0.05, 0.1) is 17.6 Å². The number of carboxylic acids is 1. The van der Waals surface area contributed by atoms with Crippen LogP contribution in [0.25, 0.3) is 11.0 Å². The number of hydrogen-bond acceptors (Lipinski definition) is 6. The maximum Gasteiger partial charge on any atom is 0.396 e. The SMILES string of the molecule is CCOC(=O)C(=O)NCCCSc1nc2ccccc2n1CC(=O)O. The van der Waals surface area contributed by atoms with Gasteiger partial charge in [-0.2, -0.15) is 0 Å². The van der Waals surface area contributed by atoms with Gasteiger partial charge >= 0.3 is 17.8 Å². The molecular formula is C16H19N3O5S. The van der Waals surface area contributed by atoms with E-state index in [2.05, 4.69) is 15.0 Å². The zero-order valence-electron chi connectivity index (χ0n) is 13.7. The number of imidazole rings is 1. The highest BCUT2D eigenvalue weighted by molar-refractivity contribution is 7.99. The number of carbonyl (C=O) groups excluding carboxylic acids is 2. The lowest BCUT2D eigenvalue weighted by atomic mass is 10.3. The van der Waals surface area contributed by atoms with Gasteiger partial charge in [0.1, 0.15) is 6.54 Å². The summed E-state index contributed by atoms with van der Waals surface area (Å²) in [6.45, 7) is 1.94. The molecule has 0 aliphatic rings. The van der Waals surface area contributed by atoms with Crippen molar-refractivity contribution in [3.05, 3.63) is 24.3 Å². The van der Waals surface area contributed by atoms with Gasteiger partial charge in [0.25, 0.3) is 0 Å². The average molecular weight is 365 g/mol. The fourth-order valence-electron chi connectivity index (χ4n) is 2.16. The zero-order valence-corrected chi connectivity index (χ0v) is 14.5. The van der Waals surface area contributed by atoms with Crippen molar-refractivity contribution in [1.29, 1.82) is 0 Å². The van der Waals surface area contributed by atoms with Crippen LogP contribution in [0.5, 0.6) is 0 Å². The summed E-state index contributed by atoms with van der Waals surface area (Å²) < 4.78 is 6.24. The zero-order chi connectivity index (χ0) is 18.2. The fraction of sp³-hybridized carbons (Fsp3) is 0.375. The number of aliphatic carboxylic acids is 1. The van der Waals surface area contributed by atoms with Crippen molar-refractivity contribution in [2.45, 2.75) is 25.0 Å². The maximum atomic E-state index is 11.4. The number of amides is 1. The number of fused-ring (bicyclic) bond motifs is 1. The molecule has 9 heteroatoms. The third kappa shape index (κ3) is 5.21. The first kappa shape index (κ1) is 18.8. The first-order chi connectivity index (χ1) is 12.0. The molecule has 0 aliphatic carbocycles. The summed E-state index contributed by atoms with van der Waals surface area (Å²) >= 11 is 1.41. The van der Waals surface area contributed by atoms with E-state index in [0.29, 0.717) is 23.9 Å². The van der Waals surface area contributed by atoms with E-state index < -0.39 is 17.8 Å². The molecule has 1 aromatic heterocycles. The molecule has 2 rings (SSSR count). The van der Waals surface area contributed by atoms with Crippen molar-refractivity contribution in [2.24, 2.45) is 0 Å². The Bertz CT molecular complexity index is 774. The molecule has 0 fully saturated rings. The number of nitrogens with one attached hydrogen (secondary N) is 1. The van der Waals surface area contributed by atoms with Gasteiger partial charge in [-0.15, -0.1) is 0 Å². The Balaban J connectivity index is 1.89. The smallest absolute Gasteiger partial charge is 0.396 e. The number of hydrogen-bond donors (Lipinski definition) is 2. The number of carboxylic acid groups (broad SMARTS) is 1. The molecule has 0 aliphatic heterocycles. The third-order valence-electron chi connectivity index (χ3n) is 3.21. The number of thioether (sulfide) groups is 1. The van der Waals surface area contributed by atoms with Gasteiger partial charge in [-0.25, -0.2) is 9.78 Å². The van der Waals surface area contributed by atoms with Gasteiger partial charge in [0, 0.05) is 12.3 Å². The summed E-state index contributed by atoms with van der Waals surface area (Å²) in [6, 6.07) is 7.34. The van der Waals surface area contributed by atoms with Crippen LogP contribution in [0.4, 0.5) is 0 Å². The Morgan fingerprint density at radius 1 is 1.32 bits per heavy atom. The van der Waals surface area contributed by atoms with Gasteiger partial charge in [-0.05, 0) is 25.5 Å². The van der Waals surface area contributed by atoms with Crippen molar-refractivity contribution in [2.75, 3.05) is 18.9 Å². The van der Waals surface area contributed by atoms with Crippen LogP contribution < -0.4 is 5.32 Å². The van der Waals surface area contributed by atoms with Crippen LogP contribution in [0.2, 0.25) is 0 Å². The highest BCUT2D eigenvalue weighted by Gasteiger charge is 2.15. The minimum Gasteiger partial charge on any atom is -0.480 e. The molecule has 1 amide bonds. The molecule has 1 heterocycles. The summed E-state index contributed by atoms with van der Waals surface area (Å²) in [5.41, 5.74) is 1.50. The molecule has 0 saturated heterocycles. The van der Waals surface area contributed by atoms with Crippen LogP contribution in [0, 0.1) is 0 Å². The Kier molecular flexibility index (Phi) is 6.81. The van der Waals surface area contributed by atoms with Crippen LogP contribution in [0.1, 0.15) is 13.3 Å². The van der Waals surface area contributed by atoms with Gasteiger partial charge < -0.3 is 19.7 Å². The third-order valence-corrected chi connectivity index (χ3v) is 4.27. The molecule has 0 radical (unpaired) electrons. The molecule has 25 heavy (non-hydrogen) atoms. The summed E-state index contributed by atoms with van der Waals surface area (Å²) in [4.78, 5) is 38.1. The second kappa shape index (κ2) is 9.07. The molecule has 0 saturated carbocycles. The molecule has 0 atom stereocenters. The second-order valence-corrected chi connectivity index (χ2v) is 6.10. The Labute approximate surface area is 148 Å². The average Bonchev–Trinajstić information content (AvgIpc) is 2.92. The lowest BCUT2D eigenvalue weighted by molar-refractivity contribution is -0.154. The maximum absolute atomic E-state index is 11.4. The molecule has 2 aromatic rings. The standard InChI is InChI=1S/C16H19N3O5S/c1-2-24-15(23)14(22)17-8-5-9-25-16-18-11-6-3-4-7-12(11)19(16)10-13(20)21/h3-4,6-7H,2,5,8-10H2,1H3,(H,17,22)(H,20,21). The lowest BCUT2D eigenvalue weighted by Gasteiger charge is -2.06. The predicted octanol–water partition coefficient (Wildman–Crippen LogP) is 1.28. The minimum absolute atomic E-state index is 0.155. The number of nitrogens with zero attached hydrogens (tertiary/aromatic N) is 2. The van der Waals surface area contributed by atoms with Gasteiger partial charge in [-0.3, -0.25) is 9.59 Å². The summed E-state index contributed by atoms with van der Waals surface area (Å²) in [7, 11) is 0. The van der Waals surface area contributed by atoms with E-state index in [1.807, 2.05) is 24.3 Å².